The second-order valence-corrected chi connectivity index (χ2v) is 5.70. The predicted octanol–water partition coefficient (Wildman–Crippen LogP) is 3.47. The van der Waals surface area contributed by atoms with E-state index in [2.05, 4.69) is 12.2 Å². The molecule has 1 aliphatic rings. The molecule has 0 aromatic heterocycles. The van der Waals surface area contributed by atoms with Crippen molar-refractivity contribution in [3.8, 4) is 0 Å². The Kier molecular flexibility index (Phi) is 3.34. The normalized spacial score (nSPS) is 17.4. The van der Waals surface area contributed by atoms with Crippen molar-refractivity contribution in [3.63, 3.8) is 0 Å². The van der Waals surface area contributed by atoms with Gasteiger partial charge in [-0.3, -0.25) is 0 Å². The van der Waals surface area contributed by atoms with Gasteiger partial charge >= 0.3 is 0 Å². The molecule has 0 spiro atoms. The third-order valence-corrected chi connectivity index (χ3v) is 3.75. The molecule has 0 radical (unpaired) electrons. The van der Waals surface area contributed by atoms with Crippen LogP contribution in [-0.4, -0.2) is 6.54 Å². The number of hydrogen-bond acceptors (Lipinski definition) is 2. The molecule has 0 heterocycles. The number of nitrogens with two attached hydrogens (primary N) is 1. The molecule has 4 heteroatoms. The van der Waals surface area contributed by atoms with E-state index in [0.717, 1.165) is 18.7 Å². The van der Waals surface area contributed by atoms with Gasteiger partial charge in [-0.2, -0.15) is 0 Å². The number of halogens is 2. The van der Waals surface area contributed by atoms with Crippen LogP contribution in [0, 0.1) is 5.41 Å². The van der Waals surface area contributed by atoms with Gasteiger partial charge in [0.05, 0.1) is 15.7 Å². The van der Waals surface area contributed by atoms with Crippen molar-refractivity contribution >= 4 is 28.9 Å². The molecule has 0 aliphatic heterocycles. The van der Waals surface area contributed by atoms with Crippen LogP contribution in [0.1, 0.15) is 25.3 Å². The average molecular weight is 259 g/mol. The Balaban J connectivity index is 1.94. The lowest BCUT2D eigenvalue weighted by Gasteiger charge is -2.11. The lowest BCUT2D eigenvalue weighted by molar-refractivity contribution is 0.499. The number of nitrogens with one attached hydrogen (secondary N) is 1. The Morgan fingerprint density at radius 3 is 2.38 bits per heavy atom. The number of nitrogen functional groups attached to an aromatic ring is 1. The summed E-state index contributed by atoms with van der Waals surface area (Å²) in [7, 11) is 0. The van der Waals surface area contributed by atoms with Crippen LogP contribution >= 0.6 is 23.2 Å². The Hall–Kier alpha value is -0.440. The van der Waals surface area contributed by atoms with Crippen molar-refractivity contribution in [2.24, 2.45) is 5.41 Å². The molecule has 1 saturated carbocycles. The minimum absolute atomic E-state index is 0.459. The summed E-state index contributed by atoms with van der Waals surface area (Å²) in [6.45, 7) is 4.13. The summed E-state index contributed by atoms with van der Waals surface area (Å²) in [5.74, 6) is 0. The van der Waals surface area contributed by atoms with Crippen molar-refractivity contribution in [1.29, 1.82) is 0 Å². The van der Waals surface area contributed by atoms with Crippen LogP contribution in [-0.2, 0) is 6.54 Å². The van der Waals surface area contributed by atoms with E-state index in [0.29, 0.717) is 21.1 Å². The fourth-order valence-electron chi connectivity index (χ4n) is 1.64. The molecule has 2 nitrogen and oxygen atoms in total. The molecule has 0 atom stereocenters. The molecule has 0 saturated heterocycles. The van der Waals surface area contributed by atoms with Crippen LogP contribution in [0.5, 0.6) is 0 Å². The molecule has 1 aliphatic carbocycles. The summed E-state index contributed by atoms with van der Waals surface area (Å²) >= 11 is 11.9. The Bertz CT molecular complexity index is 377. The van der Waals surface area contributed by atoms with Crippen LogP contribution in [0.25, 0.3) is 0 Å². The van der Waals surface area contributed by atoms with E-state index in [9.17, 15) is 0 Å². The van der Waals surface area contributed by atoms with Crippen LogP contribution in [0.15, 0.2) is 12.1 Å². The maximum absolute atomic E-state index is 5.96. The highest BCUT2D eigenvalue weighted by atomic mass is 35.5. The third-order valence-electron chi connectivity index (χ3n) is 3.12. The maximum atomic E-state index is 5.96. The zero-order valence-electron chi connectivity index (χ0n) is 9.32. The highest BCUT2D eigenvalue weighted by Gasteiger charge is 2.36. The fourth-order valence-corrected chi connectivity index (χ4v) is 2.17. The molecule has 16 heavy (non-hydrogen) atoms. The number of hydrogen-bond donors (Lipinski definition) is 2. The second kappa shape index (κ2) is 4.44. The Morgan fingerprint density at radius 2 is 1.88 bits per heavy atom. The van der Waals surface area contributed by atoms with Gasteiger partial charge in [-0.1, -0.05) is 30.1 Å². The molecule has 1 aromatic carbocycles. The fraction of sp³-hybridized carbons (Fsp3) is 0.500. The van der Waals surface area contributed by atoms with Crippen LogP contribution in [0.4, 0.5) is 5.69 Å². The third kappa shape index (κ3) is 2.82. The molecule has 1 aromatic rings. The van der Waals surface area contributed by atoms with Crippen LogP contribution < -0.4 is 11.1 Å². The van der Waals surface area contributed by atoms with E-state index in [1.54, 1.807) is 0 Å². The first-order valence-electron chi connectivity index (χ1n) is 5.44. The van der Waals surface area contributed by atoms with E-state index >= 15 is 0 Å². The molecule has 1 fully saturated rings. The first kappa shape index (κ1) is 12.0. The standard InChI is InChI=1S/C12H16Cl2N2/c1-12(2-3-12)7-16-6-8-4-9(13)11(15)10(14)5-8/h4-5,16H,2-3,6-7,15H2,1H3. The lowest BCUT2D eigenvalue weighted by atomic mass is 10.1. The molecule has 2 rings (SSSR count). The quantitative estimate of drug-likeness (QED) is 0.812. The molecular formula is C12H16Cl2N2. The lowest BCUT2D eigenvalue weighted by Crippen LogP contribution is -2.21. The molecular weight excluding hydrogens is 243 g/mol. The summed E-state index contributed by atoms with van der Waals surface area (Å²) < 4.78 is 0. The molecule has 0 bridgehead atoms. The molecule has 88 valence electrons. The van der Waals surface area contributed by atoms with Gasteiger partial charge in [-0.25, -0.2) is 0 Å². The molecule has 3 N–H and O–H groups in total. The summed E-state index contributed by atoms with van der Waals surface area (Å²) in [5.41, 5.74) is 7.73. The second-order valence-electron chi connectivity index (χ2n) is 4.89. The highest BCUT2D eigenvalue weighted by Crippen LogP contribution is 2.44. The average Bonchev–Trinajstić information content (AvgIpc) is 2.93. The van der Waals surface area contributed by atoms with Gasteiger partial charge in [0.15, 0.2) is 0 Å². The van der Waals surface area contributed by atoms with Gasteiger partial charge in [0.1, 0.15) is 0 Å². The topological polar surface area (TPSA) is 38.0 Å². The van der Waals surface area contributed by atoms with Gasteiger partial charge in [0, 0.05) is 13.1 Å². The van der Waals surface area contributed by atoms with Gasteiger partial charge in [0.2, 0.25) is 0 Å². The highest BCUT2D eigenvalue weighted by molar-refractivity contribution is 6.38. The first-order chi connectivity index (χ1) is 7.50. The van der Waals surface area contributed by atoms with E-state index in [1.165, 1.54) is 12.8 Å². The van der Waals surface area contributed by atoms with E-state index in [-0.39, 0.29) is 0 Å². The zero-order chi connectivity index (χ0) is 11.8. The Morgan fingerprint density at radius 1 is 1.31 bits per heavy atom. The molecule has 0 unspecified atom stereocenters. The van der Waals surface area contributed by atoms with E-state index in [1.807, 2.05) is 12.1 Å². The number of anilines is 1. The summed E-state index contributed by atoms with van der Waals surface area (Å²) in [4.78, 5) is 0. The van der Waals surface area contributed by atoms with Gasteiger partial charge < -0.3 is 11.1 Å². The van der Waals surface area contributed by atoms with Crippen molar-refractivity contribution in [1.82, 2.24) is 5.32 Å². The van der Waals surface area contributed by atoms with Gasteiger partial charge in [-0.15, -0.1) is 0 Å². The Labute approximate surface area is 106 Å². The monoisotopic (exact) mass is 258 g/mol. The minimum atomic E-state index is 0.459. The summed E-state index contributed by atoms with van der Waals surface area (Å²) in [5, 5.41) is 4.48. The number of benzene rings is 1. The molecule has 0 amide bonds. The number of rotatable bonds is 4. The predicted molar refractivity (Wildman–Crippen MR) is 69.9 cm³/mol. The van der Waals surface area contributed by atoms with E-state index in [4.69, 9.17) is 28.9 Å². The maximum Gasteiger partial charge on any atom is 0.0693 e. The summed E-state index contributed by atoms with van der Waals surface area (Å²) in [6.07, 6.45) is 2.65. The first-order valence-corrected chi connectivity index (χ1v) is 6.20. The summed E-state index contributed by atoms with van der Waals surface area (Å²) in [6, 6.07) is 3.73. The van der Waals surface area contributed by atoms with Crippen molar-refractivity contribution in [2.45, 2.75) is 26.3 Å². The van der Waals surface area contributed by atoms with Crippen LogP contribution in [0.2, 0.25) is 10.0 Å². The smallest absolute Gasteiger partial charge is 0.0693 e. The minimum Gasteiger partial charge on any atom is -0.396 e. The van der Waals surface area contributed by atoms with Gasteiger partial charge in [0.25, 0.3) is 0 Å². The van der Waals surface area contributed by atoms with Gasteiger partial charge in [-0.05, 0) is 36.0 Å². The van der Waals surface area contributed by atoms with Crippen molar-refractivity contribution < 1.29 is 0 Å². The van der Waals surface area contributed by atoms with E-state index < -0.39 is 0 Å². The van der Waals surface area contributed by atoms with Crippen molar-refractivity contribution in [2.75, 3.05) is 12.3 Å². The zero-order valence-corrected chi connectivity index (χ0v) is 10.8. The van der Waals surface area contributed by atoms with Crippen molar-refractivity contribution in [3.05, 3.63) is 27.7 Å². The largest absolute Gasteiger partial charge is 0.396 e. The van der Waals surface area contributed by atoms with Crippen LogP contribution in [0.3, 0.4) is 0 Å². The SMILES string of the molecule is CC1(CNCc2cc(Cl)c(N)c(Cl)c2)CC1.